The van der Waals surface area contributed by atoms with Gasteiger partial charge in [-0.05, 0) is 23.8 Å². The molecule has 0 radical (unpaired) electrons. The molecular formula is C17H17FN2O2S2. The van der Waals surface area contributed by atoms with Crippen molar-refractivity contribution in [3.05, 3.63) is 47.1 Å². The molecule has 0 spiro atoms. The Morgan fingerprint density at radius 2 is 2.12 bits per heavy atom. The van der Waals surface area contributed by atoms with E-state index in [-0.39, 0.29) is 11.7 Å². The highest BCUT2D eigenvalue weighted by molar-refractivity contribution is 8.26. The van der Waals surface area contributed by atoms with Gasteiger partial charge in [0.05, 0.1) is 23.8 Å². The van der Waals surface area contributed by atoms with Crippen LogP contribution < -0.4 is 4.90 Å². The number of benzene rings is 1. The molecule has 24 heavy (non-hydrogen) atoms. The van der Waals surface area contributed by atoms with Gasteiger partial charge in [0.25, 0.3) is 5.91 Å². The number of halogens is 1. The average Bonchev–Trinajstić information content (AvgIpc) is 2.84. The van der Waals surface area contributed by atoms with E-state index in [1.165, 1.54) is 22.7 Å². The number of ether oxygens (including phenoxy) is 1. The molecule has 2 aliphatic heterocycles. The van der Waals surface area contributed by atoms with Crippen LogP contribution in [0.2, 0.25) is 0 Å². The lowest BCUT2D eigenvalue weighted by Crippen LogP contribution is -2.36. The zero-order valence-electron chi connectivity index (χ0n) is 13.0. The predicted molar refractivity (Wildman–Crippen MR) is 99.5 cm³/mol. The molecule has 4 nitrogen and oxygen atoms in total. The third-order valence-corrected chi connectivity index (χ3v) is 5.18. The van der Waals surface area contributed by atoms with Gasteiger partial charge in [-0.2, -0.15) is 0 Å². The number of carbonyl (C=O) groups excluding carboxylic acids is 1. The van der Waals surface area contributed by atoms with Gasteiger partial charge in [-0.15, -0.1) is 6.58 Å². The highest BCUT2D eigenvalue weighted by atomic mass is 32.2. The van der Waals surface area contributed by atoms with Crippen LogP contribution in [0.3, 0.4) is 0 Å². The molecule has 2 aliphatic rings. The summed E-state index contributed by atoms with van der Waals surface area (Å²) in [4.78, 5) is 16.2. The Labute approximate surface area is 149 Å². The lowest BCUT2D eigenvalue weighted by atomic mass is 10.1. The number of hydrogen-bond donors (Lipinski definition) is 0. The first-order valence-corrected chi connectivity index (χ1v) is 8.81. The maximum Gasteiger partial charge on any atom is 0.266 e. The second-order valence-electron chi connectivity index (χ2n) is 5.39. The quantitative estimate of drug-likeness (QED) is 0.466. The van der Waals surface area contributed by atoms with Crippen LogP contribution in [-0.4, -0.2) is 48.0 Å². The van der Waals surface area contributed by atoms with E-state index in [9.17, 15) is 9.18 Å². The molecule has 0 bridgehead atoms. The van der Waals surface area contributed by atoms with Crippen LogP contribution in [-0.2, 0) is 9.53 Å². The lowest BCUT2D eigenvalue weighted by molar-refractivity contribution is -0.121. The van der Waals surface area contributed by atoms with Crippen LogP contribution in [0.15, 0.2) is 35.8 Å². The van der Waals surface area contributed by atoms with Crippen molar-refractivity contribution in [2.75, 3.05) is 37.7 Å². The van der Waals surface area contributed by atoms with E-state index < -0.39 is 0 Å². The van der Waals surface area contributed by atoms with Gasteiger partial charge in [-0.3, -0.25) is 9.69 Å². The Morgan fingerprint density at radius 1 is 1.38 bits per heavy atom. The van der Waals surface area contributed by atoms with E-state index >= 15 is 0 Å². The third kappa shape index (κ3) is 3.53. The van der Waals surface area contributed by atoms with Crippen LogP contribution in [0.4, 0.5) is 10.1 Å². The molecule has 1 aromatic rings. The maximum atomic E-state index is 14.4. The molecule has 0 aromatic heterocycles. The zero-order valence-corrected chi connectivity index (χ0v) is 14.7. The molecule has 2 fully saturated rings. The number of hydrogen-bond acceptors (Lipinski definition) is 5. The number of rotatable bonds is 4. The summed E-state index contributed by atoms with van der Waals surface area (Å²) in [5.41, 5.74) is 1.21. The fourth-order valence-electron chi connectivity index (χ4n) is 2.61. The van der Waals surface area contributed by atoms with E-state index in [4.69, 9.17) is 17.0 Å². The van der Waals surface area contributed by atoms with Gasteiger partial charge in [-0.1, -0.05) is 36.1 Å². The molecule has 2 heterocycles. The Morgan fingerprint density at radius 3 is 2.79 bits per heavy atom. The first kappa shape index (κ1) is 17.1. The van der Waals surface area contributed by atoms with Crippen LogP contribution in [0.1, 0.15) is 5.56 Å². The Bertz CT molecular complexity index is 715. The molecule has 0 N–H and O–H groups in total. The smallest absolute Gasteiger partial charge is 0.266 e. The third-order valence-electron chi connectivity index (χ3n) is 3.81. The Hall–Kier alpha value is -1.70. The number of carbonyl (C=O) groups is 1. The van der Waals surface area contributed by atoms with Crippen LogP contribution >= 0.6 is 24.0 Å². The Kier molecular flexibility index (Phi) is 5.33. The number of thioether (sulfide) groups is 1. The molecule has 2 saturated heterocycles. The highest BCUT2D eigenvalue weighted by Gasteiger charge is 2.31. The van der Waals surface area contributed by atoms with Crippen molar-refractivity contribution >= 4 is 46.0 Å². The summed E-state index contributed by atoms with van der Waals surface area (Å²) >= 11 is 6.42. The van der Waals surface area contributed by atoms with Gasteiger partial charge in [0.15, 0.2) is 0 Å². The monoisotopic (exact) mass is 364 g/mol. The normalized spacial score (nSPS) is 20.1. The summed E-state index contributed by atoms with van der Waals surface area (Å²) in [5.74, 6) is -0.463. The minimum Gasteiger partial charge on any atom is -0.378 e. The molecule has 3 rings (SSSR count). The first-order chi connectivity index (χ1) is 11.6. The van der Waals surface area contributed by atoms with Crippen molar-refractivity contribution < 1.29 is 13.9 Å². The van der Waals surface area contributed by atoms with Gasteiger partial charge in [0.2, 0.25) is 0 Å². The van der Waals surface area contributed by atoms with Gasteiger partial charge >= 0.3 is 0 Å². The van der Waals surface area contributed by atoms with Crippen molar-refractivity contribution in [2.24, 2.45) is 0 Å². The average molecular weight is 364 g/mol. The molecule has 0 aliphatic carbocycles. The van der Waals surface area contributed by atoms with Crippen molar-refractivity contribution in [1.82, 2.24) is 4.90 Å². The molecule has 126 valence electrons. The SMILES string of the molecule is C=CCN1C(=O)/C(=C/c2ccc(N3CCOCC3)c(F)c2)SC1=S. The predicted octanol–water partition coefficient (Wildman–Crippen LogP) is 3.05. The Balaban J connectivity index is 1.80. The van der Waals surface area contributed by atoms with Crippen molar-refractivity contribution in [2.45, 2.75) is 0 Å². The maximum absolute atomic E-state index is 14.4. The van der Waals surface area contributed by atoms with E-state index in [0.29, 0.717) is 53.3 Å². The molecule has 7 heteroatoms. The fraction of sp³-hybridized carbons (Fsp3) is 0.294. The molecule has 1 amide bonds. The summed E-state index contributed by atoms with van der Waals surface area (Å²) in [6, 6.07) is 5.01. The molecular weight excluding hydrogens is 347 g/mol. The molecule has 0 saturated carbocycles. The van der Waals surface area contributed by atoms with Gasteiger partial charge in [0, 0.05) is 19.6 Å². The molecule has 0 unspecified atom stereocenters. The van der Waals surface area contributed by atoms with Crippen molar-refractivity contribution in [3.63, 3.8) is 0 Å². The second-order valence-corrected chi connectivity index (χ2v) is 7.07. The van der Waals surface area contributed by atoms with Crippen LogP contribution in [0.25, 0.3) is 6.08 Å². The van der Waals surface area contributed by atoms with Crippen molar-refractivity contribution in [1.29, 1.82) is 0 Å². The van der Waals surface area contributed by atoms with E-state index in [1.807, 2.05) is 11.0 Å². The standard InChI is InChI=1S/C17H17FN2O2S2/c1-2-5-20-16(21)15(24-17(20)23)11-12-3-4-14(13(18)10-12)19-6-8-22-9-7-19/h2-4,10-11H,1,5-9H2/b15-11-. The molecule has 0 atom stereocenters. The summed E-state index contributed by atoms with van der Waals surface area (Å²) in [6.07, 6.45) is 3.30. The van der Waals surface area contributed by atoms with Crippen molar-refractivity contribution in [3.8, 4) is 0 Å². The fourth-order valence-corrected chi connectivity index (χ4v) is 3.89. The zero-order chi connectivity index (χ0) is 17.1. The van der Waals surface area contributed by atoms with Gasteiger partial charge in [0.1, 0.15) is 10.1 Å². The number of amides is 1. The molecule has 1 aromatic carbocycles. The van der Waals surface area contributed by atoms with Gasteiger partial charge in [-0.25, -0.2) is 4.39 Å². The first-order valence-electron chi connectivity index (χ1n) is 7.58. The summed E-state index contributed by atoms with van der Waals surface area (Å²) in [5, 5.41) is 0. The van der Waals surface area contributed by atoms with Crippen LogP contribution in [0, 0.1) is 5.82 Å². The number of morpholine rings is 1. The summed E-state index contributed by atoms with van der Waals surface area (Å²) < 4.78 is 20.2. The summed E-state index contributed by atoms with van der Waals surface area (Å²) in [6.45, 7) is 6.57. The van der Waals surface area contributed by atoms with E-state index in [1.54, 1.807) is 18.2 Å². The topological polar surface area (TPSA) is 32.8 Å². The number of thiocarbonyl (C=S) groups is 1. The minimum atomic E-state index is -0.299. The van der Waals surface area contributed by atoms with Gasteiger partial charge < -0.3 is 9.64 Å². The highest BCUT2D eigenvalue weighted by Crippen LogP contribution is 2.33. The minimum absolute atomic E-state index is 0.164. The second kappa shape index (κ2) is 7.46. The van der Waals surface area contributed by atoms with Crippen LogP contribution in [0.5, 0.6) is 0 Å². The number of nitrogens with zero attached hydrogens (tertiary/aromatic N) is 2. The van der Waals surface area contributed by atoms with E-state index in [2.05, 4.69) is 6.58 Å². The van der Waals surface area contributed by atoms with E-state index in [0.717, 1.165) is 0 Å². The summed E-state index contributed by atoms with van der Waals surface area (Å²) in [7, 11) is 0. The lowest BCUT2D eigenvalue weighted by Gasteiger charge is -2.29. The largest absolute Gasteiger partial charge is 0.378 e. The number of anilines is 1.